The minimum atomic E-state index is -0.698. The third kappa shape index (κ3) is 2.50. The first-order valence-corrected chi connectivity index (χ1v) is 7.71. The molecule has 0 spiro atoms. The predicted octanol–water partition coefficient (Wildman–Crippen LogP) is 3.70. The van der Waals surface area contributed by atoms with Gasteiger partial charge in [0.15, 0.2) is 0 Å². The van der Waals surface area contributed by atoms with Crippen LogP contribution in [0.25, 0.3) is 0 Å². The molecule has 18 heavy (non-hydrogen) atoms. The van der Waals surface area contributed by atoms with Crippen LogP contribution in [0.3, 0.4) is 0 Å². The fourth-order valence-corrected chi connectivity index (χ4v) is 3.75. The summed E-state index contributed by atoms with van der Waals surface area (Å²) in [6.45, 7) is 7.42. The standard InChI is InChI=1S/C14H23BrN2O/c1-4-17-13(12(15)9-16-17)14(18)7-5-11(6-8-14)10(2)3/h9-11,18H,4-8H2,1-3H3. The van der Waals surface area contributed by atoms with E-state index in [0.29, 0.717) is 5.92 Å². The largest absolute Gasteiger partial charge is 0.384 e. The van der Waals surface area contributed by atoms with E-state index in [4.69, 9.17) is 0 Å². The maximum absolute atomic E-state index is 10.9. The molecule has 1 fully saturated rings. The molecule has 1 saturated carbocycles. The van der Waals surface area contributed by atoms with E-state index >= 15 is 0 Å². The van der Waals surface area contributed by atoms with Crippen molar-refractivity contribution in [2.24, 2.45) is 11.8 Å². The Labute approximate surface area is 118 Å². The van der Waals surface area contributed by atoms with E-state index in [1.807, 2.05) is 4.68 Å². The van der Waals surface area contributed by atoms with Gasteiger partial charge in [0.05, 0.1) is 16.4 Å². The van der Waals surface area contributed by atoms with Gasteiger partial charge in [0.1, 0.15) is 5.60 Å². The molecule has 4 heteroatoms. The van der Waals surface area contributed by atoms with Crippen molar-refractivity contribution >= 4 is 15.9 Å². The van der Waals surface area contributed by atoms with Crippen LogP contribution in [0.5, 0.6) is 0 Å². The summed E-state index contributed by atoms with van der Waals surface area (Å²) < 4.78 is 2.86. The van der Waals surface area contributed by atoms with Crippen molar-refractivity contribution in [3.63, 3.8) is 0 Å². The van der Waals surface area contributed by atoms with Crippen LogP contribution in [-0.4, -0.2) is 14.9 Å². The van der Waals surface area contributed by atoms with E-state index in [9.17, 15) is 5.11 Å². The van der Waals surface area contributed by atoms with Crippen molar-refractivity contribution in [1.29, 1.82) is 0 Å². The second-order valence-corrected chi connectivity index (χ2v) is 6.62. The molecule has 0 amide bonds. The number of rotatable bonds is 3. The minimum absolute atomic E-state index is 0.698. The molecule has 1 aromatic rings. The van der Waals surface area contributed by atoms with E-state index in [2.05, 4.69) is 41.8 Å². The normalized spacial score (nSPS) is 28.9. The highest BCUT2D eigenvalue weighted by Crippen LogP contribution is 2.43. The Kier molecular flexibility index (Phi) is 4.17. The maximum atomic E-state index is 10.9. The number of hydrogen-bond donors (Lipinski definition) is 1. The van der Waals surface area contributed by atoms with Crippen molar-refractivity contribution in [2.45, 2.75) is 58.6 Å². The van der Waals surface area contributed by atoms with Gasteiger partial charge in [-0.3, -0.25) is 4.68 Å². The summed E-state index contributed by atoms with van der Waals surface area (Å²) in [6, 6.07) is 0. The molecule has 102 valence electrons. The lowest BCUT2D eigenvalue weighted by atomic mass is 9.73. The molecule has 1 heterocycles. The molecular formula is C14H23BrN2O. The SMILES string of the molecule is CCn1ncc(Br)c1C1(O)CCC(C(C)C)CC1. The summed E-state index contributed by atoms with van der Waals surface area (Å²) in [5.41, 5.74) is 0.267. The van der Waals surface area contributed by atoms with Gasteiger partial charge in [-0.1, -0.05) is 13.8 Å². The van der Waals surface area contributed by atoms with Crippen molar-refractivity contribution in [2.75, 3.05) is 0 Å². The Hall–Kier alpha value is -0.350. The van der Waals surface area contributed by atoms with Gasteiger partial charge in [0.2, 0.25) is 0 Å². The van der Waals surface area contributed by atoms with E-state index in [1.165, 1.54) is 0 Å². The quantitative estimate of drug-likeness (QED) is 0.923. The molecule has 1 aliphatic carbocycles. The number of aryl methyl sites for hydroxylation is 1. The highest BCUT2D eigenvalue weighted by molar-refractivity contribution is 9.10. The third-order valence-corrected chi connectivity index (χ3v) is 4.92. The molecule has 0 aliphatic heterocycles. The molecule has 0 saturated heterocycles. The lowest BCUT2D eigenvalue weighted by molar-refractivity contribution is -0.0276. The zero-order valence-electron chi connectivity index (χ0n) is 11.5. The van der Waals surface area contributed by atoms with Crippen LogP contribution in [0.2, 0.25) is 0 Å². The predicted molar refractivity (Wildman–Crippen MR) is 76.3 cm³/mol. The highest BCUT2D eigenvalue weighted by atomic mass is 79.9. The Morgan fingerprint density at radius 1 is 1.50 bits per heavy atom. The molecule has 0 atom stereocenters. The number of nitrogens with zero attached hydrogens (tertiary/aromatic N) is 2. The first-order valence-electron chi connectivity index (χ1n) is 6.92. The monoisotopic (exact) mass is 314 g/mol. The fourth-order valence-electron chi connectivity index (χ4n) is 3.09. The molecular weight excluding hydrogens is 292 g/mol. The molecule has 0 unspecified atom stereocenters. The van der Waals surface area contributed by atoms with Crippen LogP contribution in [0.4, 0.5) is 0 Å². The summed E-state index contributed by atoms with van der Waals surface area (Å²) in [5, 5.41) is 15.3. The van der Waals surface area contributed by atoms with Gasteiger partial charge in [0.25, 0.3) is 0 Å². The molecule has 0 aromatic carbocycles. The summed E-state index contributed by atoms with van der Waals surface area (Å²) in [4.78, 5) is 0. The van der Waals surface area contributed by atoms with Gasteiger partial charge in [-0.15, -0.1) is 0 Å². The van der Waals surface area contributed by atoms with Gasteiger partial charge in [-0.25, -0.2) is 0 Å². The average Bonchev–Trinajstić information content (AvgIpc) is 2.71. The molecule has 3 nitrogen and oxygen atoms in total. The van der Waals surface area contributed by atoms with Crippen LogP contribution in [0.1, 0.15) is 52.1 Å². The van der Waals surface area contributed by atoms with E-state index in [0.717, 1.165) is 48.3 Å². The number of halogens is 1. The fraction of sp³-hybridized carbons (Fsp3) is 0.786. The second kappa shape index (κ2) is 5.33. The Bertz CT molecular complexity index is 406. The van der Waals surface area contributed by atoms with Gasteiger partial charge in [0, 0.05) is 6.54 Å². The summed E-state index contributed by atoms with van der Waals surface area (Å²) >= 11 is 3.53. The maximum Gasteiger partial charge on any atom is 0.107 e. The summed E-state index contributed by atoms with van der Waals surface area (Å²) in [7, 11) is 0. The third-order valence-electron chi connectivity index (χ3n) is 4.34. The van der Waals surface area contributed by atoms with Crippen LogP contribution >= 0.6 is 15.9 Å². The van der Waals surface area contributed by atoms with Crippen LogP contribution < -0.4 is 0 Å². The first-order chi connectivity index (χ1) is 8.48. The zero-order valence-corrected chi connectivity index (χ0v) is 13.1. The number of hydrogen-bond acceptors (Lipinski definition) is 2. The van der Waals surface area contributed by atoms with Gasteiger partial charge in [-0.05, 0) is 60.4 Å². The van der Waals surface area contributed by atoms with Crippen molar-refractivity contribution in [3.8, 4) is 0 Å². The van der Waals surface area contributed by atoms with E-state index in [1.54, 1.807) is 6.20 Å². The van der Waals surface area contributed by atoms with Crippen molar-refractivity contribution < 1.29 is 5.11 Å². The average molecular weight is 315 g/mol. The zero-order chi connectivity index (χ0) is 13.3. The van der Waals surface area contributed by atoms with Crippen molar-refractivity contribution in [3.05, 3.63) is 16.4 Å². The molecule has 1 aliphatic rings. The Morgan fingerprint density at radius 3 is 2.61 bits per heavy atom. The smallest absolute Gasteiger partial charge is 0.107 e. The molecule has 0 bridgehead atoms. The Balaban J connectivity index is 2.20. The Morgan fingerprint density at radius 2 is 2.11 bits per heavy atom. The van der Waals surface area contributed by atoms with Gasteiger partial charge < -0.3 is 5.11 Å². The summed E-state index contributed by atoms with van der Waals surface area (Å²) in [6.07, 6.45) is 5.70. The van der Waals surface area contributed by atoms with E-state index in [-0.39, 0.29) is 0 Å². The molecule has 1 N–H and O–H groups in total. The highest BCUT2D eigenvalue weighted by Gasteiger charge is 2.39. The topological polar surface area (TPSA) is 38.0 Å². The summed E-state index contributed by atoms with van der Waals surface area (Å²) in [5.74, 6) is 1.47. The van der Waals surface area contributed by atoms with Gasteiger partial charge >= 0.3 is 0 Å². The van der Waals surface area contributed by atoms with Gasteiger partial charge in [-0.2, -0.15) is 5.10 Å². The first kappa shape index (κ1) is 14.1. The number of aliphatic hydroxyl groups is 1. The second-order valence-electron chi connectivity index (χ2n) is 5.77. The minimum Gasteiger partial charge on any atom is -0.384 e. The van der Waals surface area contributed by atoms with Crippen LogP contribution in [-0.2, 0) is 12.1 Å². The van der Waals surface area contributed by atoms with E-state index < -0.39 is 5.60 Å². The molecule has 1 aromatic heterocycles. The van der Waals surface area contributed by atoms with Crippen LogP contribution in [0, 0.1) is 11.8 Å². The molecule has 0 radical (unpaired) electrons. The lowest BCUT2D eigenvalue weighted by Gasteiger charge is -2.38. The number of aromatic nitrogens is 2. The lowest BCUT2D eigenvalue weighted by Crippen LogP contribution is -2.35. The van der Waals surface area contributed by atoms with Crippen LogP contribution in [0.15, 0.2) is 10.7 Å². The van der Waals surface area contributed by atoms with Crippen molar-refractivity contribution in [1.82, 2.24) is 9.78 Å². The molecule has 2 rings (SSSR count).